The molecule has 1 heterocycles. The summed E-state index contributed by atoms with van der Waals surface area (Å²) in [6.45, 7) is 2.30. The zero-order valence-corrected chi connectivity index (χ0v) is 9.72. The Labute approximate surface area is 97.9 Å². The van der Waals surface area contributed by atoms with E-state index in [1.54, 1.807) is 4.90 Å². The summed E-state index contributed by atoms with van der Waals surface area (Å²) in [5.74, 6) is 0. The van der Waals surface area contributed by atoms with E-state index in [4.69, 9.17) is 10.2 Å². The van der Waals surface area contributed by atoms with Gasteiger partial charge in [-0.2, -0.15) is 0 Å². The van der Waals surface area contributed by atoms with Crippen LogP contribution in [0.15, 0.2) is 15.8 Å². The van der Waals surface area contributed by atoms with Crippen molar-refractivity contribution in [3.05, 3.63) is 27.0 Å². The molecule has 7 nitrogen and oxygen atoms in total. The highest BCUT2D eigenvalue weighted by atomic mass is 16.3. The number of aromatic amines is 1. The Morgan fingerprint density at radius 2 is 2.06 bits per heavy atom. The molecule has 0 saturated heterocycles. The molecule has 0 aliphatic heterocycles. The fraction of sp³-hybridized carbons (Fsp3) is 0.600. The van der Waals surface area contributed by atoms with Crippen LogP contribution in [0.4, 0.5) is 5.69 Å². The molecule has 3 N–H and O–H groups in total. The van der Waals surface area contributed by atoms with Gasteiger partial charge in [0.2, 0.25) is 0 Å². The molecule has 0 spiro atoms. The lowest BCUT2D eigenvalue weighted by atomic mass is 10.4. The molecule has 17 heavy (non-hydrogen) atoms. The SMILES string of the molecule is CCN(CCO)c1c[nH]c(=O)n(CCO)c1=O. The normalized spacial score (nSPS) is 10.5. The van der Waals surface area contributed by atoms with Crippen LogP contribution in [0.1, 0.15) is 6.92 Å². The van der Waals surface area contributed by atoms with Gasteiger partial charge in [0.25, 0.3) is 5.56 Å². The van der Waals surface area contributed by atoms with Gasteiger partial charge in [0.15, 0.2) is 0 Å². The summed E-state index contributed by atoms with van der Waals surface area (Å²) in [5.41, 5.74) is -0.694. The number of nitrogens with one attached hydrogen (secondary N) is 1. The zero-order chi connectivity index (χ0) is 12.8. The molecule has 0 aromatic carbocycles. The minimum atomic E-state index is -0.548. The Kier molecular flexibility index (Phi) is 4.92. The highest BCUT2D eigenvalue weighted by Gasteiger charge is 2.12. The molecule has 1 aromatic heterocycles. The maximum absolute atomic E-state index is 12.0. The molecule has 0 radical (unpaired) electrons. The fourth-order valence-electron chi connectivity index (χ4n) is 1.60. The van der Waals surface area contributed by atoms with E-state index < -0.39 is 11.2 Å². The zero-order valence-electron chi connectivity index (χ0n) is 9.72. The van der Waals surface area contributed by atoms with E-state index >= 15 is 0 Å². The number of aliphatic hydroxyl groups excluding tert-OH is 2. The predicted octanol–water partition coefficient (Wildman–Crippen LogP) is -1.65. The molecular weight excluding hydrogens is 226 g/mol. The third-order valence-corrected chi connectivity index (χ3v) is 2.46. The van der Waals surface area contributed by atoms with E-state index in [2.05, 4.69) is 4.98 Å². The van der Waals surface area contributed by atoms with Gasteiger partial charge >= 0.3 is 5.69 Å². The number of H-pyrrole nitrogens is 1. The van der Waals surface area contributed by atoms with Crippen molar-refractivity contribution in [3.8, 4) is 0 Å². The molecule has 0 atom stereocenters. The third kappa shape index (κ3) is 2.95. The smallest absolute Gasteiger partial charge is 0.328 e. The molecule has 0 amide bonds. The Balaban J connectivity index is 3.21. The third-order valence-electron chi connectivity index (χ3n) is 2.46. The summed E-state index contributed by atoms with van der Waals surface area (Å²) in [6, 6.07) is 0. The van der Waals surface area contributed by atoms with Crippen molar-refractivity contribution in [2.75, 3.05) is 31.2 Å². The van der Waals surface area contributed by atoms with E-state index in [-0.39, 0.29) is 19.8 Å². The first kappa shape index (κ1) is 13.5. The quantitative estimate of drug-likeness (QED) is 0.556. The van der Waals surface area contributed by atoms with Gasteiger partial charge in [-0.25, -0.2) is 4.79 Å². The molecule has 0 bridgehead atoms. The molecule has 1 aromatic rings. The highest BCUT2D eigenvalue weighted by Crippen LogP contribution is 2.03. The molecule has 96 valence electrons. The number of aromatic nitrogens is 2. The van der Waals surface area contributed by atoms with Crippen LogP contribution in [-0.2, 0) is 6.54 Å². The standard InChI is InChI=1S/C10H17N3O4/c1-2-12(3-5-14)8-7-11-10(17)13(4-6-15)9(8)16/h7,14-15H,2-6H2,1H3,(H,11,17). The van der Waals surface area contributed by atoms with Gasteiger partial charge in [-0.15, -0.1) is 0 Å². The number of anilines is 1. The second kappa shape index (κ2) is 6.21. The van der Waals surface area contributed by atoms with Crippen molar-refractivity contribution in [2.45, 2.75) is 13.5 Å². The maximum Gasteiger partial charge on any atom is 0.328 e. The molecule has 0 aliphatic rings. The van der Waals surface area contributed by atoms with E-state index in [1.165, 1.54) is 6.20 Å². The van der Waals surface area contributed by atoms with E-state index in [1.807, 2.05) is 6.92 Å². The summed E-state index contributed by atoms with van der Waals surface area (Å²) < 4.78 is 0.940. The first-order chi connectivity index (χ1) is 8.15. The second-order valence-corrected chi connectivity index (χ2v) is 3.46. The highest BCUT2D eigenvalue weighted by molar-refractivity contribution is 5.41. The molecule has 7 heteroatoms. The molecule has 0 saturated carbocycles. The first-order valence-corrected chi connectivity index (χ1v) is 5.44. The topological polar surface area (TPSA) is 98.6 Å². The number of hydrogen-bond acceptors (Lipinski definition) is 5. The van der Waals surface area contributed by atoms with Crippen LogP contribution >= 0.6 is 0 Å². The average Bonchev–Trinajstić information content (AvgIpc) is 2.32. The maximum atomic E-state index is 12.0. The van der Waals surface area contributed by atoms with Gasteiger partial charge in [-0.1, -0.05) is 0 Å². The molecule has 0 fully saturated rings. The van der Waals surface area contributed by atoms with Crippen molar-refractivity contribution in [1.29, 1.82) is 0 Å². The summed E-state index contributed by atoms with van der Waals surface area (Å²) in [7, 11) is 0. The van der Waals surface area contributed by atoms with Gasteiger partial charge in [-0.05, 0) is 6.92 Å². The van der Waals surface area contributed by atoms with Crippen LogP contribution in [0.3, 0.4) is 0 Å². The Bertz CT molecular complexity index is 465. The monoisotopic (exact) mass is 243 g/mol. The van der Waals surface area contributed by atoms with Gasteiger partial charge in [0.1, 0.15) is 5.69 Å². The van der Waals surface area contributed by atoms with E-state index in [0.29, 0.717) is 18.8 Å². The van der Waals surface area contributed by atoms with Crippen molar-refractivity contribution in [1.82, 2.24) is 9.55 Å². The first-order valence-electron chi connectivity index (χ1n) is 5.44. The lowest BCUT2D eigenvalue weighted by Crippen LogP contribution is -2.41. The van der Waals surface area contributed by atoms with Gasteiger partial charge in [-0.3, -0.25) is 9.36 Å². The van der Waals surface area contributed by atoms with Crippen molar-refractivity contribution < 1.29 is 10.2 Å². The van der Waals surface area contributed by atoms with Crippen LogP contribution in [-0.4, -0.2) is 46.1 Å². The number of likely N-dealkylation sites (N-methyl/N-ethyl adjacent to an activating group) is 1. The summed E-state index contributed by atoms with van der Waals surface area (Å²) in [6.07, 6.45) is 1.33. The lowest BCUT2D eigenvalue weighted by molar-refractivity contribution is 0.271. The van der Waals surface area contributed by atoms with Crippen molar-refractivity contribution in [3.63, 3.8) is 0 Å². The molecule has 1 rings (SSSR count). The lowest BCUT2D eigenvalue weighted by Gasteiger charge is -2.21. The van der Waals surface area contributed by atoms with Crippen LogP contribution in [0, 0.1) is 0 Å². The summed E-state index contributed by atoms with van der Waals surface area (Å²) in [5, 5.41) is 17.7. The van der Waals surface area contributed by atoms with Crippen LogP contribution in [0.25, 0.3) is 0 Å². The molecule has 0 aliphatic carbocycles. The van der Waals surface area contributed by atoms with Crippen molar-refractivity contribution >= 4 is 5.69 Å². The largest absolute Gasteiger partial charge is 0.395 e. The molecule has 0 unspecified atom stereocenters. The second-order valence-electron chi connectivity index (χ2n) is 3.46. The average molecular weight is 243 g/mol. The predicted molar refractivity (Wildman–Crippen MR) is 63.4 cm³/mol. The summed E-state index contributed by atoms with van der Waals surface area (Å²) in [4.78, 5) is 27.4. The van der Waals surface area contributed by atoms with Gasteiger partial charge in [0.05, 0.1) is 19.8 Å². The minimum Gasteiger partial charge on any atom is -0.395 e. The number of aliphatic hydroxyl groups is 2. The van der Waals surface area contributed by atoms with E-state index in [0.717, 1.165) is 4.57 Å². The Morgan fingerprint density at radius 1 is 1.35 bits per heavy atom. The van der Waals surface area contributed by atoms with Gasteiger partial charge in [0, 0.05) is 19.3 Å². The van der Waals surface area contributed by atoms with Crippen LogP contribution < -0.4 is 16.1 Å². The van der Waals surface area contributed by atoms with Gasteiger partial charge < -0.3 is 20.1 Å². The number of hydrogen-bond donors (Lipinski definition) is 3. The fourth-order valence-corrected chi connectivity index (χ4v) is 1.60. The van der Waals surface area contributed by atoms with Crippen LogP contribution in [0.5, 0.6) is 0 Å². The number of nitrogens with zero attached hydrogens (tertiary/aromatic N) is 2. The van der Waals surface area contributed by atoms with Crippen LogP contribution in [0.2, 0.25) is 0 Å². The number of rotatable bonds is 6. The Hall–Kier alpha value is -1.60. The van der Waals surface area contributed by atoms with E-state index in [9.17, 15) is 9.59 Å². The Morgan fingerprint density at radius 3 is 2.59 bits per heavy atom. The van der Waals surface area contributed by atoms with Crippen molar-refractivity contribution in [2.24, 2.45) is 0 Å². The summed E-state index contributed by atoms with van der Waals surface area (Å²) >= 11 is 0. The molecular formula is C10H17N3O4. The minimum absolute atomic E-state index is 0.0430.